The van der Waals surface area contributed by atoms with Crippen LogP contribution in [0.25, 0.3) is 0 Å². The highest BCUT2D eigenvalue weighted by Crippen LogP contribution is 2.24. The number of nitrogens with zero attached hydrogens (tertiary/aromatic N) is 1. The van der Waals surface area contributed by atoms with E-state index in [2.05, 4.69) is 0 Å². The van der Waals surface area contributed by atoms with E-state index in [9.17, 15) is 13.2 Å². The summed E-state index contributed by atoms with van der Waals surface area (Å²) < 4.78 is 25.5. The SMILES string of the molecule is CC(C(=O)O)N(C)S(=O)(=O)c1ccc(C(C)(C)C)cc1. The Balaban J connectivity index is 3.14. The van der Waals surface area contributed by atoms with Gasteiger partial charge in [0, 0.05) is 7.05 Å². The number of likely N-dealkylation sites (N-methyl/N-ethyl adjacent to an activating group) is 1. The van der Waals surface area contributed by atoms with E-state index in [-0.39, 0.29) is 10.3 Å². The minimum atomic E-state index is -3.79. The first-order valence-electron chi connectivity index (χ1n) is 6.29. The van der Waals surface area contributed by atoms with E-state index in [1.165, 1.54) is 26.1 Å². The Labute approximate surface area is 120 Å². The molecule has 1 N–H and O–H groups in total. The maximum Gasteiger partial charge on any atom is 0.321 e. The van der Waals surface area contributed by atoms with Crippen LogP contribution in [0.15, 0.2) is 29.2 Å². The van der Waals surface area contributed by atoms with Crippen LogP contribution < -0.4 is 0 Å². The van der Waals surface area contributed by atoms with Crippen molar-refractivity contribution in [2.75, 3.05) is 7.05 Å². The van der Waals surface area contributed by atoms with Gasteiger partial charge in [0.1, 0.15) is 6.04 Å². The predicted octanol–water partition coefficient (Wildman–Crippen LogP) is 2.08. The normalized spacial score (nSPS) is 14.3. The third-order valence-electron chi connectivity index (χ3n) is 3.30. The molecule has 1 rings (SSSR count). The summed E-state index contributed by atoms with van der Waals surface area (Å²) >= 11 is 0. The van der Waals surface area contributed by atoms with Crippen molar-refractivity contribution in [1.29, 1.82) is 0 Å². The van der Waals surface area contributed by atoms with E-state index in [0.29, 0.717) is 0 Å². The van der Waals surface area contributed by atoms with E-state index < -0.39 is 22.0 Å². The molecule has 0 amide bonds. The molecule has 0 radical (unpaired) electrons. The first-order valence-corrected chi connectivity index (χ1v) is 7.73. The van der Waals surface area contributed by atoms with E-state index in [4.69, 9.17) is 5.11 Å². The molecule has 1 aromatic rings. The van der Waals surface area contributed by atoms with Crippen molar-refractivity contribution < 1.29 is 18.3 Å². The van der Waals surface area contributed by atoms with Crippen LogP contribution in [0.1, 0.15) is 33.3 Å². The number of benzene rings is 1. The predicted molar refractivity (Wildman–Crippen MR) is 77.2 cm³/mol. The first-order chi connectivity index (χ1) is 8.98. The minimum Gasteiger partial charge on any atom is -0.480 e. The monoisotopic (exact) mass is 299 g/mol. The number of hydrogen-bond donors (Lipinski definition) is 1. The van der Waals surface area contributed by atoms with Gasteiger partial charge in [-0.2, -0.15) is 4.31 Å². The zero-order valence-electron chi connectivity index (χ0n) is 12.4. The Bertz CT molecular complexity index is 585. The summed E-state index contributed by atoms with van der Waals surface area (Å²) in [5.41, 5.74) is 0.952. The number of rotatable bonds is 4. The topological polar surface area (TPSA) is 74.7 Å². The van der Waals surface area contributed by atoms with Crippen molar-refractivity contribution in [2.45, 2.75) is 44.0 Å². The molecule has 112 valence electrons. The van der Waals surface area contributed by atoms with E-state index in [0.717, 1.165) is 9.87 Å². The standard InChI is InChI=1S/C14H21NO4S/c1-10(13(16)17)15(5)20(18,19)12-8-6-11(7-9-12)14(2,3)4/h6-10H,1-5H3,(H,16,17). The Hall–Kier alpha value is -1.40. The second kappa shape index (κ2) is 5.54. The van der Waals surface area contributed by atoms with Crippen molar-refractivity contribution >= 4 is 16.0 Å². The van der Waals surface area contributed by atoms with Gasteiger partial charge in [0.05, 0.1) is 4.90 Å². The highest BCUT2D eigenvalue weighted by molar-refractivity contribution is 7.89. The lowest BCUT2D eigenvalue weighted by Gasteiger charge is -2.22. The van der Waals surface area contributed by atoms with Gasteiger partial charge in [-0.3, -0.25) is 4.79 Å². The zero-order valence-corrected chi connectivity index (χ0v) is 13.2. The van der Waals surface area contributed by atoms with Gasteiger partial charge in [-0.25, -0.2) is 8.42 Å². The van der Waals surface area contributed by atoms with Gasteiger partial charge >= 0.3 is 5.97 Å². The zero-order chi connectivity index (χ0) is 15.7. The number of carboxylic acids is 1. The van der Waals surface area contributed by atoms with Crippen LogP contribution in [0.2, 0.25) is 0 Å². The summed E-state index contributed by atoms with van der Waals surface area (Å²) in [6.07, 6.45) is 0. The van der Waals surface area contributed by atoms with Crippen LogP contribution >= 0.6 is 0 Å². The van der Waals surface area contributed by atoms with Crippen molar-refractivity contribution in [3.63, 3.8) is 0 Å². The molecule has 1 atom stereocenters. The van der Waals surface area contributed by atoms with Crippen molar-refractivity contribution in [3.8, 4) is 0 Å². The maximum absolute atomic E-state index is 12.3. The number of carbonyl (C=O) groups is 1. The van der Waals surface area contributed by atoms with E-state index in [1.807, 2.05) is 20.8 Å². The van der Waals surface area contributed by atoms with Crippen molar-refractivity contribution in [2.24, 2.45) is 0 Å². The Morgan fingerprint density at radius 1 is 1.20 bits per heavy atom. The van der Waals surface area contributed by atoms with Gasteiger partial charge < -0.3 is 5.11 Å². The molecule has 0 heterocycles. The number of aliphatic carboxylic acids is 1. The largest absolute Gasteiger partial charge is 0.480 e. The summed E-state index contributed by atoms with van der Waals surface area (Å²) in [6, 6.07) is 5.43. The smallest absolute Gasteiger partial charge is 0.321 e. The average molecular weight is 299 g/mol. The number of carboxylic acid groups (broad SMARTS) is 1. The Morgan fingerprint density at radius 3 is 2.00 bits per heavy atom. The fraction of sp³-hybridized carbons (Fsp3) is 0.500. The van der Waals surface area contributed by atoms with E-state index in [1.54, 1.807) is 12.1 Å². The molecule has 0 bridgehead atoms. The lowest BCUT2D eigenvalue weighted by molar-refractivity contribution is -0.140. The van der Waals surface area contributed by atoms with Crippen molar-refractivity contribution in [1.82, 2.24) is 4.31 Å². The van der Waals surface area contributed by atoms with Gasteiger partial charge in [0.15, 0.2) is 0 Å². The summed E-state index contributed by atoms with van der Waals surface area (Å²) in [4.78, 5) is 11.0. The lowest BCUT2D eigenvalue weighted by Crippen LogP contribution is -2.40. The summed E-state index contributed by atoms with van der Waals surface area (Å²) in [5, 5.41) is 8.91. The van der Waals surface area contributed by atoms with Gasteiger partial charge in [-0.05, 0) is 30.0 Å². The van der Waals surface area contributed by atoms with E-state index >= 15 is 0 Å². The number of hydrogen-bond acceptors (Lipinski definition) is 3. The molecule has 6 heteroatoms. The molecule has 5 nitrogen and oxygen atoms in total. The van der Waals surface area contributed by atoms with Gasteiger partial charge in [0.25, 0.3) is 0 Å². The molecule has 1 unspecified atom stereocenters. The van der Waals surface area contributed by atoms with Crippen LogP contribution in [0.3, 0.4) is 0 Å². The molecule has 0 saturated heterocycles. The Kier molecular flexibility index (Phi) is 4.61. The molecule has 1 aromatic carbocycles. The molecule has 0 saturated carbocycles. The summed E-state index contributed by atoms with van der Waals surface area (Å²) in [6.45, 7) is 7.45. The number of sulfonamides is 1. The summed E-state index contributed by atoms with van der Waals surface area (Å²) in [5.74, 6) is -1.18. The molecule has 0 aliphatic carbocycles. The van der Waals surface area contributed by atoms with Crippen LogP contribution in [-0.2, 0) is 20.2 Å². The highest BCUT2D eigenvalue weighted by Gasteiger charge is 2.29. The molecule has 20 heavy (non-hydrogen) atoms. The van der Waals surface area contributed by atoms with Crippen LogP contribution in [0.5, 0.6) is 0 Å². The van der Waals surface area contributed by atoms with Gasteiger partial charge in [0.2, 0.25) is 10.0 Å². The Morgan fingerprint density at radius 2 is 1.65 bits per heavy atom. The molecular formula is C14H21NO4S. The van der Waals surface area contributed by atoms with Crippen LogP contribution in [0.4, 0.5) is 0 Å². The molecule has 0 aliphatic heterocycles. The van der Waals surface area contributed by atoms with Crippen molar-refractivity contribution in [3.05, 3.63) is 29.8 Å². The second-order valence-corrected chi connectivity index (χ2v) is 7.81. The van der Waals surface area contributed by atoms with Gasteiger partial charge in [-0.1, -0.05) is 32.9 Å². The molecule has 0 spiro atoms. The fourth-order valence-electron chi connectivity index (χ4n) is 1.66. The van der Waals surface area contributed by atoms with Crippen LogP contribution in [-0.4, -0.2) is 36.9 Å². The molecule has 0 fully saturated rings. The minimum absolute atomic E-state index is 0.0669. The first kappa shape index (κ1) is 16.7. The molecular weight excluding hydrogens is 278 g/mol. The highest BCUT2D eigenvalue weighted by atomic mass is 32.2. The second-order valence-electron chi connectivity index (χ2n) is 5.81. The van der Waals surface area contributed by atoms with Crippen LogP contribution in [0, 0.1) is 0 Å². The maximum atomic E-state index is 12.3. The van der Waals surface area contributed by atoms with Gasteiger partial charge in [-0.15, -0.1) is 0 Å². The third-order valence-corrected chi connectivity index (χ3v) is 5.24. The third kappa shape index (κ3) is 3.37. The quantitative estimate of drug-likeness (QED) is 0.923. The molecule has 0 aliphatic rings. The fourth-order valence-corrected chi connectivity index (χ4v) is 2.98. The molecule has 0 aromatic heterocycles. The summed E-state index contributed by atoms with van der Waals surface area (Å²) in [7, 11) is -2.52. The average Bonchev–Trinajstić information content (AvgIpc) is 2.35. The lowest BCUT2D eigenvalue weighted by atomic mass is 9.87.